The predicted molar refractivity (Wildman–Crippen MR) is 110 cm³/mol. The van der Waals surface area contributed by atoms with Crippen LogP contribution in [0.4, 0.5) is 5.69 Å². The summed E-state index contributed by atoms with van der Waals surface area (Å²) in [6.07, 6.45) is 0. The van der Waals surface area contributed by atoms with Gasteiger partial charge >= 0.3 is 5.97 Å². The van der Waals surface area contributed by atoms with Crippen molar-refractivity contribution in [3.05, 3.63) is 99.0 Å². The molecule has 0 spiro atoms. The molecule has 3 aromatic rings. The molecule has 0 atom stereocenters. The Morgan fingerprint density at radius 3 is 2.28 bits per heavy atom. The molecule has 0 bridgehead atoms. The zero-order valence-corrected chi connectivity index (χ0v) is 16.4. The van der Waals surface area contributed by atoms with Gasteiger partial charge in [0.2, 0.25) is 0 Å². The van der Waals surface area contributed by atoms with Crippen LogP contribution in [0.2, 0.25) is 10.0 Å². The summed E-state index contributed by atoms with van der Waals surface area (Å²) in [7, 11) is 0. The Balaban J connectivity index is 1.56. The van der Waals surface area contributed by atoms with Gasteiger partial charge in [0.15, 0.2) is 0 Å². The van der Waals surface area contributed by atoms with Gasteiger partial charge in [-0.25, -0.2) is 9.69 Å². The van der Waals surface area contributed by atoms with E-state index in [0.29, 0.717) is 10.7 Å². The molecule has 1 heterocycles. The summed E-state index contributed by atoms with van der Waals surface area (Å²) in [4.78, 5) is 38.9. The second kappa shape index (κ2) is 7.70. The minimum atomic E-state index is -0.598. The van der Waals surface area contributed by atoms with Crippen molar-refractivity contribution >= 4 is 46.7 Å². The molecular weight excluding hydrogens is 413 g/mol. The smallest absolute Gasteiger partial charge is 0.338 e. The quantitative estimate of drug-likeness (QED) is 0.428. The summed E-state index contributed by atoms with van der Waals surface area (Å²) in [6, 6.07) is 17.8. The van der Waals surface area contributed by atoms with Crippen molar-refractivity contribution in [3.8, 4) is 0 Å². The minimum Gasteiger partial charge on any atom is -0.457 e. The number of ether oxygens (including phenoxy) is 1. The number of fused-ring (bicyclic) bond motifs is 1. The van der Waals surface area contributed by atoms with E-state index in [-0.39, 0.29) is 28.3 Å². The van der Waals surface area contributed by atoms with Gasteiger partial charge in [-0.15, -0.1) is 0 Å². The van der Waals surface area contributed by atoms with E-state index in [1.165, 1.54) is 18.2 Å². The van der Waals surface area contributed by atoms with E-state index in [1.807, 2.05) is 0 Å². The summed E-state index contributed by atoms with van der Waals surface area (Å²) in [5.74, 6) is -1.62. The number of para-hydroxylation sites is 1. The van der Waals surface area contributed by atoms with E-state index >= 15 is 0 Å². The molecule has 7 heteroatoms. The third-order valence-corrected chi connectivity index (χ3v) is 5.07. The Morgan fingerprint density at radius 1 is 0.862 bits per heavy atom. The van der Waals surface area contributed by atoms with Gasteiger partial charge in [-0.1, -0.05) is 47.5 Å². The van der Waals surface area contributed by atoms with Gasteiger partial charge in [0.25, 0.3) is 11.8 Å². The molecule has 5 nitrogen and oxygen atoms in total. The molecule has 0 N–H and O–H groups in total. The van der Waals surface area contributed by atoms with Gasteiger partial charge in [-0.3, -0.25) is 9.59 Å². The average Bonchev–Trinajstić information content (AvgIpc) is 2.98. The number of hydrogen-bond donors (Lipinski definition) is 0. The SMILES string of the molecule is O=C(OCc1ccc(Cl)cc1)c1ccc2c(c1)C(=O)N(c1ccccc1Cl)C2=O. The number of esters is 1. The normalized spacial score (nSPS) is 12.8. The number of nitrogens with zero attached hydrogens (tertiary/aromatic N) is 1. The summed E-state index contributed by atoms with van der Waals surface area (Å²) in [5.41, 5.74) is 1.60. The number of amides is 2. The van der Waals surface area contributed by atoms with Crippen molar-refractivity contribution in [2.24, 2.45) is 0 Å². The molecule has 0 unspecified atom stereocenters. The third kappa shape index (κ3) is 3.62. The Morgan fingerprint density at radius 2 is 1.55 bits per heavy atom. The Hall–Kier alpha value is -3.15. The number of anilines is 1. The van der Waals surface area contributed by atoms with Crippen molar-refractivity contribution in [1.29, 1.82) is 0 Å². The van der Waals surface area contributed by atoms with Gasteiger partial charge in [0, 0.05) is 5.02 Å². The molecule has 0 fully saturated rings. The van der Waals surface area contributed by atoms with Crippen LogP contribution in [0.3, 0.4) is 0 Å². The van der Waals surface area contributed by atoms with Crippen LogP contribution in [0.5, 0.6) is 0 Å². The van der Waals surface area contributed by atoms with E-state index in [2.05, 4.69) is 0 Å². The predicted octanol–water partition coefficient (Wildman–Crippen LogP) is 5.15. The molecule has 0 radical (unpaired) electrons. The average molecular weight is 426 g/mol. The second-order valence-electron chi connectivity index (χ2n) is 6.36. The number of carbonyl (C=O) groups is 3. The third-order valence-electron chi connectivity index (χ3n) is 4.50. The van der Waals surface area contributed by atoms with Crippen LogP contribution in [0.25, 0.3) is 0 Å². The number of imide groups is 1. The standard InChI is InChI=1S/C22H13Cl2NO4/c23-15-8-5-13(6-9-15)12-29-22(28)14-7-10-16-17(11-14)21(27)25(20(16)26)19-4-2-1-3-18(19)24/h1-11H,12H2. The first kappa shape index (κ1) is 19.2. The fraction of sp³-hybridized carbons (Fsp3) is 0.0455. The van der Waals surface area contributed by atoms with Crippen LogP contribution >= 0.6 is 23.2 Å². The van der Waals surface area contributed by atoms with Gasteiger partial charge in [0.1, 0.15) is 6.61 Å². The molecule has 0 aliphatic carbocycles. The maximum absolute atomic E-state index is 12.8. The van der Waals surface area contributed by atoms with Crippen molar-refractivity contribution in [3.63, 3.8) is 0 Å². The first-order valence-electron chi connectivity index (χ1n) is 8.64. The lowest BCUT2D eigenvalue weighted by Gasteiger charge is -2.15. The Bertz CT molecular complexity index is 1140. The van der Waals surface area contributed by atoms with Crippen LogP contribution in [-0.4, -0.2) is 17.8 Å². The van der Waals surface area contributed by atoms with Crippen LogP contribution in [0.15, 0.2) is 66.7 Å². The number of rotatable bonds is 4. The molecule has 0 aromatic heterocycles. The van der Waals surface area contributed by atoms with Gasteiger partial charge < -0.3 is 4.74 Å². The molecule has 0 saturated heterocycles. The number of hydrogen-bond acceptors (Lipinski definition) is 4. The summed E-state index contributed by atoms with van der Waals surface area (Å²) in [5, 5.41) is 0.870. The van der Waals surface area contributed by atoms with Crippen LogP contribution < -0.4 is 4.90 Å². The second-order valence-corrected chi connectivity index (χ2v) is 7.20. The lowest BCUT2D eigenvalue weighted by Crippen LogP contribution is -2.29. The van der Waals surface area contributed by atoms with Crippen LogP contribution in [0.1, 0.15) is 36.6 Å². The summed E-state index contributed by atoms with van der Waals surface area (Å²) in [6.45, 7) is 0.0612. The van der Waals surface area contributed by atoms with Gasteiger partial charge in [-0.05, 0) is 48.0 Å². The van der Waals surface area contributed by atoms with E-state index in [4.69, 9.17) is 27.9 Å². The summed E-state index contributed by atoms with van der Waals surface area (Å²) < 4.78 is 5.29. The van der Waals surface area contributed by atoms with Gasteiger partial charge in [-0.2, -0.15) is 0 Å². The van der Waals surface area contributed by atoms with E-state index < -0.39 is 17.8 Å². The Labute approximate surface area is 176 Å². The highest BCUT2D eigenvalue weighted by molar-refractivity contribution is 6.39. The number of halogens is 2. The highest BCUT2D eigenvalue weighted by Gasteiger charge is 2.38. The maximum atomic E-state index is 12.8. The first-order valence-corrected chi connectivity index (χ1v) is 9.40. The zero-order chi connectivity index (χ0) is 20.5. The number of carbonyl (C=O) groups excluding carboxylic acids is 3. The fourth-order valence-electron chi connectivity index (χ4n) is 3.03. The lowest BCUT2D eigenvalue weighted by molar-refractivity contribution is 0.0472. The molecule has 29 heavy (non-hydrogen) atoms. The molecule has 1 aliphatic heterocycles. The molecule has 0 saturated carbocycles. The molecule has 3 aromatic carbocycles. The summed E-state index contributed by atoms with van der Waals surface area (Å²) >= 11 is 12.0. The molecule has 4 rings (SSSR count). The van der Waals surface area contributed by atoms with Crippen LogP contribution in [0, 0.1) is 0 Å². The zero-order valence-electron chi connectivity index (χ0n) is 14.9. The Kier molecular flexibility index (Phi) is 5.09. The fourth-order valence-corrected chi connectivity index (χ4v) is 3.38. The highest BCUT2D eigenvalue weighted by Crippen LogP contribution is 2.33. The van der Waals surface area contributed by atoms with Crippen molar-refractivity contribution in [2.45, 2.75) is 6.61 Å². The largest absolute Gasteiger partial charge is 0.457 e. The highest BCUT2D eigenvalue weighted by atomic mass is 35.5. The topological polar surface area (TPSA) is 63.7 Å². The number of benzene rings is 3. The van der Waals surface area contributed by atoms with E-state index in [0.717, 1.165) is 10.5 Å². The molecular formula is C22H13Cl2NO4. The monoisotopic (exact) mass is 425 g/mol. The lowest BCUT2D eigenvalue weighted by atomic mass is 10.1. The van der Waals surface area contributed by atoms with Gasteiger partial charge in [0.05, 0.1) is 27.4 Å². The van der Waals surface area contributed by atoms with E-state index in [1.54, 1.807) is 48.5 Å². The minimum absolute atomic E-state index is 0.0612. The molecule has 2 amide bonds. The van der Waals surface area contributed by atoms with Crippen LogP contribution in [-0.2, 0) is 11.3 Å². The van der Waals surface area contributed by atoms with Crippen molar-refractivity contribution < 1.29 is 19.1 Å². The first-order chi connectivity index (χ1) is 14.0. The maximum Gasteiger partial charge on any atom is 0.338 e. The van der Waals surface area contributed by atoms with Crippen molar-refractivity contribution in [2.75, 3.05) is 4.90 Å². The van der Waals surface area contributed by atoms with Crippen molar-refractivity contribution in [1.82, 2.24) is 0 Å². The molecule has 144 valence electrons. The van der Waals surface area contributed by atoms with E-state index in [9.17, 15) is 14.4 Å². The molecule has 1 aliphatic rings.